The zero-order valence-corrected chi connectivity index (χ0v) is 12.4. The van der Waals surface area contributed by atoms with Crippen LogP contribution in [0.1, 0.15) is 56.2 Å². The molecule has 0 amide bonds. The van der Waals surface area contributed by atoms with Gasteiger partial charge < -0.3 is 4.74 Å². The number of benzene rings is 1. The molecule has 1 aliphatic rings. The zero-order valence-electron chi connectivity index (χ0n) is 12.4. The molecule has 1 unspecified atom stereocenters. The third-order valence-electron chi connectivity index (χ3n) is 4.22. The Bertz CT molecular complexity index is 418. The summed E-state index contributed by atoms with van der Waals surface area (Å²) in [5, 5.41) is 0. The van der Waals surface area contributed by atoms with Gasteiger partial charge in [0, 0.05) is 6.61 Å². The van der Waals surface area contributed by atoms with Crippen LogP contribution >= 0.6 is 0 Å². The molecule has 0 heterocycles. The summed E-state index contributed by atoms with van der Waals surface area (Å²) < 4.78 is 19.8. The Morgan fingerprint density at radius 2 is 2.00 bits per heavy atom. The number of aryl methyl sites for hydroxylation is 1. The lowest BCUT2D eigenvalue weighted by Gasteiger charge is -2.43. The second kappa shape index (κ2) is 6.66. The van der Waals surface area contributed by atoms with Crippen LogP contribution in [-0.4, -0.2) is 12.2 Å². The molecule has 0 bridgehead atoms. The molecular formula is C16H25FN2O. The van der Waals surface area contributed by atoms with Gasteiger partial charge in [0.25, 0.3) is 0 Å². The largest absolute Gasteiger partial charge is 0.373 e. The van der Waals surface area contributed by atoms with E-state index in [0.29, 0.717) is 6.61 Å². The molecule has 0 spiro atoms. The van der Waals surface area contributed by atoms with Crippen molar-refractivity contribution in [1.82, 2.24) is 5.43 Å². The molecule has 0 aromatic heterocycles. The highest BCUT2D eigenvalue weighted by atomic mass is 19.1. The molecule has 1 aliphatic carbocycles. The maximum Gasteiger partial charge on any atom is 0.123 e. The van der Waals surface area contributed by atoms with Gasteiger partial charge in [0.1, 0.15) is 5.82 Å². The highest BCUT2D eigenvalue weighted by molar-refractivity contribution is 5.28. The van der Waals surface area contributed by atoms with Gasteiger partial charge in [-0.2, -0.15) is 0 Å². The van der Waals surface area contributed by atoms with Crippen LogP contribution in [0.2, 0.25) is 0 Å². The number of rotatable bonds is 5. The van der Waals surface area contributed by atoms with Gasteiger partial charge in [0.15, 0.2) is 0 Å². The van der Waals surface area contributed by atoms with E-state index in [1.807, 2.05) is 19.9 Å². The topological polar surface area (TPSA) is 47.3 Å². The molecule has 1 saturated carbocycles. The lowest BCUT2D eigenvalue weighted by atomic mass is 9.76. The van der Waals surface area contributed by atoms with Crippen LogP contribution in [0, 0.1) is 12.7 Å². The van der Waals surface area contributed by atoms with E-state index in [-0.39, 0.29) is 17.5 Å². The Hall–Kier alpha value is -0.970. The number of halogens is 1. The van der Waals surface area contributed by atoms with Crippen molar-refractivity contribution in [2.24, 2.45) is 5.84 Å². The minimum Gasteiger partial charge on any atom is -0.373 e. The molecule has 1 aromatic rings. The van der Waals surface area contributed by atoms with E-state index >= 15 is 0 Å². The molecular weight excluding hydrogens is 255 g/mol. The highest BCUT2D eigenvalue weighted by Crippen LogP contribution is 2.41. The Labute approximate surface area is 120 Å². The Balaban J connectivity index is 2.36. The van der Waals surface area contributed by atoms with Crippen molar-refractivity contribution in [3.63, 3.8) is 0 Å². The number of nitrogens with two attached hydrogens (primary N) is 1. The van der Waals surface area contributed by atoms with Crippen LogP contribution in [0.25, 0.3) is 0 Å². The van der Waals surface area contributed by atoms with Crippen molar-refractivity contribution in [3.8, 4) is 0 Å². The number of nitrogens with one attached hydrogen (secondary N) is 1. The first kappa shape index (κ1) is 15.4. The third-order valence-corrected chi connectivity index (χ3v) is 4.22. The molecule has 2 rings (SSSR count). The average Bonchev–Trinajstić information content (AvgIpc) is 2.39. The van der Waals surface area contributed by atoms with Crippen LogP contribution < -0.4 is 11.3 Å². The smallest absolute Gasteiger partial charge is 0.123 e. The van der Waals surface area contributed by atoms with Crippen LogP contribution in [0.15, 0.2) is 18.2 Å². The van der Waals surface area contributed by atoms with Gasteiger partial charge >= 0.3 is 0 Å². The molecule has 0 saturated heterocycles. The van der Waals surface area contributed by atoms with Crippen molar-refractivity contribution < 1.29 is 9.13 Å². The second-order valence-electron chi connectivity index (χ2n) is 5.72. The van der Waals surface area contributed by atoms with Gasteiger partial charge in [0.2, 0.25) is 0 Å². The van der Waals surface area contributed by atoms with Crippen LogP contribution in [-0.2, 0) is 4.74 Å². The van der Waals surface area contributed by atoms with Gasteiger partial charge in [-0.25, -0.2) is 4.39 Å². The number of hydrogen-bond acceptors (Lipinski definition) is 3. The fourth-order valence-corrected chi connectivity index (χ4v) is 3.44. The zero-order chi connectivity index (χ0) is 14.6. The predicted molar refractivity (Wildman–Crippen MR) is 78.6 cm³/mol. The fraction of sp³-hybridized carbons (Fsp3) is 0.625. The van der Waals surface area contributed by atoms with Crippen LogP contribution in [0.5, 0.6) is 0 Å². The molecule has 1 atom stereocenters. The standard InChI is InChI=1S/C16H25FN2O/c1-3-20-16(7-5-4-6-8-16)15(19-18)13-9-12(2)10-14(17)11-13/h9-11,15,19H,3-8,18H2,1-2H3. The number of hydrogen-bond donors (Lipinski definition) is 2. The first-order valence-electron chi connectivity index (χ1n) is 7.48. The molecule has 20 heavy (non-hydrogen) atoms. The molecule has 0 aliphatic heterocycles. The summed E-state index contributed by atoms with van der Waals surface area (Å²) in [6.45, 7) is 4.54. The van der Waals surface area contributed by atoms with Crippen LogP contribution in [0.4, 0.5) is 4.39 Å². The lowest BCUT2D eigenvalue weighted by Crippen LogP contribution is -2.49. The summed E-state index contributed by atoms with van der Waals surface area (Å²) in [5.74, 6) is 5.58. The predicted octanol–water partition coefficient (Wildman–Crippen LogP) is 3.38. The van der Waals surface area contributed by atoms with Crippen molar-refractivity contribution in [2.75, 3.05) is 6.61 Å². The number of ether oxygens (including phenoxy) is 1. The summed E-state index contributed by atoms with van der Waals surface area (Å²) in [7, 11) is 0. The van der Waals surface area contributed by atoms with Gasteiger partial charge in [-0.15, -0.1) is 0 Å². The van der Waals surface area contributed by atoms with Crippen LogP contribution in [0.3, 0.4) is 0 Å². The van der Waals surface area contributed by atoms with E-state index in [2.05, 4.69) is 5.43 Å². The fourth-order valence-electron chi connectivity index (χ4n) is 3.44. The maximum atomic E-state index is 13.7. The van der Waals surface area contributed by atoms with Crippen molar-refractivity contribution in [3.05, 3.63) is 35.1 Å². The van der Waals surface area contributed by atoms with Gasteiger partial charge in [0.05, 0.1) is 11.6 Å². The summed E-state index contributed by atoms with van der Waals surface area (Å²) >= 11 is 0. The van der Waals surface area contributed by atoms with Gasteiger partial charge in [-0.05, 0) is 49.9 Å². The summed E-state index contributed by atoms with van der Waals surface area (Å²) in [6, 6.07) is 4.92. The van der Waals surface area contributed by atoms with E-state index in [4.69, 9.17) is 10.6 Å². The summed E-state index contributed by atoms with van der Waals surface area (Å²) in [4.78, 5) is 0. The number of hydrazine groups is 1. The van der Waals surface area contributed by atoms with E-state index in [1.165, 1.54) is 12.5 Å². The normalized spacial score (nSPS) is 19.8. The van der Waals surface area contributed by atoms with Gasteiger partial charge in [-0.1, -0.05) is 25.3 Å². The minimum atomic E-state index is -0.317. The molecule has 4 heteroatoms. The lowest BCUT2D eigenvalue weighted by molar-refractivity contribution is -0.0914. The third kappa shape index (κ3) is 3.19. The molecule has 3 N–H and O–H groups in total. The Kier molecular flexibility index (Phi) is 5.13. The molecule has 3 nitrogen and oxygen atoms in total. The highest BCUT2D eigenvalue weighted by Gasteiger charge is 2.41. The first-order valence-corrected chi connectivity index (χ1v) is 7.48. The summed E-state index contributed by atoms with van der Waals surface area (Å²) in [6.07, 6.45) is 5.42. The molecule has 112 valence electrons. The monoisotopic (exact) mass is 280 g/mol. The molecule has 1 aromatic carbocycles. The van der Waals surface area contributed by atoms with E-state index in [9.17, 15) is 4.39 Å². The van der Waals surface area contributed by atoms with E-state index in [0.717, 1.165) is 36.8 Å². The van der Waals surface area contributed by atoms with Crippen molar-refractivity contribution in [2.45, 2.75) is 57.6 Å². The second-order valence-corrected chi connectivity index (χ2v) is 5.72. The average molecular weight is 280 g/mol. The Morgan fingerprint density at radius 1 is 1.30 bits per heavy atom. The quantitative estimate of drug-likeness (QED) is 0.642. The van der Waals surface area contributed by atoms with E-state index in [1.54, 1.807) is 6.07 Å². The summed E-state index contributed by atoms with van der Waals surface area (Å²) in [5.41, 5.74) is 4.34. The first-order chi connectivity index (χ1) is 9.61. The van der Waals surface area contributed by atoms with E-state index < -0.39 is 0 Å². The van der Waals surface area contributed by atoms with Crippen molar-refractivity contribution in [1.29, 1.82) is 0 Å². The SMILES string of the molecule is CCOC1(C(NN)c2cc(C)cc(F)c2)CCCCC1. The maximum absolute atomic E-state index is 13.7. The molecule has 1 fully saturated rings. The molecule has 0 radical (unpaired) electrons. The minimum absolute atomic E-state index is 0.169. The van der Waals surface area contributed by atoms with Crippen molar-refractivity contribution >= 4 is 0 Å². The van der Waals surface area contributed by atoms with Gasteiger partial charge in [-0.3, -0.25) is 11.3 Å². The Morgan fingerprint density at radius 3 is 2.55 bits per heavy atom.